The molecule has 1 heterocycles. The number of rotatable bonds is 4. The Hall–Kier alpha value is -2.08. The number of ketones is 1. The van der Waals surface area contributed by atoms with Crippen LogP contribution in [0, 0.1) is 11.8 Å². The van der Waals surface area contributed by atoms with Crippen LogP contribution in [0.2, 0.25) is 0 Å². The molecule has 3 nitrogen and oxygen atoms in total. The second kappa shape index (κ2) is 6.38. The summed E-state index contributed by atoms with van der Waals surface area (Å²) in [5, 5.41) is 0. The molecule has 0 bridgehead atoms. The van der Waals surface area contributed by atoms with E-state index in [9.17, 15) is 9.59 Å². The Morgan fingerprint density at radius 2 is 1.95 bits per heavy atom. The van der Waals surface area contributed by atoms with Crippen molar-refractivity contribution in [1.29, 1.82) is 0 Å². The van der Waals surface area contributed by atoms with Gasteiger partial charge in [-0.2, -0.15) is 0 Å². The Morgan fingerprint density at radius 1 is 1.20 bits per heavy atom. The van der Waals surface area contributed by atoms with E-state index in [0.717, 1.165) is 12.8 Å². The van der Waals surface area contributed by atoms with Gasteiger partial charge in [-0.25, -0.2) is 0 Å². The van der Waals surface area contributed by atoms with Gasteiger partial charge >= 0.3 is 5.91 Å². The maximum atomic E-state index is 12.0. The third-order valence-corrected chi connectivity index (χ3v) is 3.42. The summed E-state index contributed by atoms with van der Waals surface area (Å²) in [5.74, 6) is 5.28. The van der Waals surface area contributed by atoms with E-state index in [0.29, 0.717) is 11.3 Å². The van der Waals surface area contributed by atoms with Gasteiger partial charge in [0.25, 0.3) is 5.78 Å². The lowest BCUT2D eigenvalue weighted by Gasteiger charge is -2.19. The van der Waals surface area contributed by atoms with E-state index in [1.807, 2.05) is 13.0 Å². The summed E-state index contributed by atoms with van der Waals surface area (Å²) in [4.78, 5) is 25.4. The Bertz CT molecular complexity index is 580. The van der Waals surface area contributed by atoms with Crippen molar-refractivity contribution in [1.82, 2.24) is 0 Å². The lowest BCUT2D eigenvalue weighted by molar-refractivity contribution is -0.114. The maximum absolute atomic E-state index is 12.0. The SMILES string of the molecule is CCCCCC#CC(C)N1C(=O)C(=O)c2ccccc21. The molecule has 1 aliphatic heterocycles. The Labute approximate surface area is 120 Å². The van der Waals surface area contributed by atoms with Crippen molar-refractivity contribution in [2.75, 3.05) is 4.90 Å². The normalized spacial score (nSPS) is 14.8. The van der Waals surface area contributed by atoms with Crippen LogP contribution in [-0.4, -0.2) is 17.7 Å². The molecule has 20 heavy (non-hydrogen) atoms. The summed E-state index contributed by atoms with van der Waals surface area (Å²) >= 11 is 0. The van der Waals surface area contributed by atoms with Gasteiger partial charge in [-0.1, -0.05) is 37.8 Å². The van der Waals surface area contributed by atoms with Crippen LogP contribution < -0.4 is 4.90 Å². The number of unbranched alkanes of at least 4 members (excludes halogenated alkanes) is 3. The molecule has 2 rings (SSSR count). The second-order valence-electron chi connectivity index (χ2n) is 4.98. The number of carbonyl (C=O) groups excluding carboxylic acids is 2. The molecular weight excluding hydrogens is 250 g/mol. The Morgan fingerprint density at radius 3 is 2.70 bits per heavy atom. The van der Waals surface area contributed by atoms with Crippen molar-refractivity contribution in [3.8, 4) is 11.8 Å². The standard InChI is InChI=1S/C17H19NO2/c1-3-4-5-6-7-10-13(2)18-15-12-9-8-11-14(15)16(19)17(18)20/h8-9,11-13H,3-6H2,1-2H3. The van der Waals surface area contributed by atoms with Crippen LogP contribution in [0.15, 0.2) is 24.3 Å². The fraction of sp³-hybridized carbons (Fsp3) is 0.412. The van der Waals surface area contributed by atoms with Gasteiger partial charge in [0.1, 0.15) is 0 Å². The number of hydrogen-bond acceptors (Lipinski definition) is 2. The van der Waals surface area contributed by atoms with E-state index < -0.39 is 11.7 Å². The number of carbonyl (C=O) groups is 2. The lowest BCUT2D eigenvalue weighted by Crippen LogP contribution is -2.36. The third kappa shape index (κ3) is 2.75. The lowest BCUT2D eigenvalue weighted by atomic mass is 10.1. The average molecular weight is 269 g/mol. The highest BCUT2D eigenvalue weighted by Gasteiger charge is 2.37. The van der Waals surface area contributed by atoms with Crippen molar-refractivity contribution in [3.63, 3.8) is 0 Å². The third-order valence-electron chi connectivity index (χ3n) is 3.42. The molecule has 1 aromatic carbocycles. The average Bonchev–Trinajstić information content (AvgIpc) is 2.71. The topological polar surface area (TPSA) is 37.4 Å². The molecule has 104 valence electrons. The highest BCUT2D eigenvalue weighted by molar-refractivity contribution is 6.52. The molecule has 1 atom stereocenters. The molecule has 0 N–H and O–H groups in total. The zero-order valence-corrected chi connectivity index (χ0v) is 12.0. The van der Waals surface area contributed by atoms with Crippen LogP contribution in [0.25, 0.3) is 0 Å². The van der Waals surface area contributed by atoms with Crippen molar-refractivity contribution in [2.45, 2.75) is 45.6 Å². The van der Waals surface area contributed by atoms with Gasteiger partial charge in [0, 0.05) is 6.42 Å². The zero-order valence-electron chi connectivity index (χ0n) is 12.0. The van der Waals surface area contributed by atoms with E-state index in [-0.39, 0.29) is 6.04 Å². The van der Waals surface area contributed by atoms with Gasteiger partial charge < -0.3 is 0 Å². The predicted octanol–water partition coefficient (Wildman–Crippen LogP) is 3.19. The number of hydrogen-bond donors (Lipinski definition) is 0. The molecule has 3 heteroatoms. The number of para-hydroxylation sites is 1. The van der Waals surface area contributed by atoms with Crippen LogP contribution in [0.1, 0.15) is 49.9 Å². The summed E-state index contributed by atoms with van der Waals surface area (Å²) < 4.78 is 0. The van der Waals surface area contributed by atoms with Gasteiger partial charge in [0.05, 0.1) is 17.3 Å². The molecule has 1 unspecified atom stereocenters. The quantitative estimate of drug-likeness (QED) is 0.478. The zero-order chi connectivity index (χ0) is 14.5. The van der Waals surface area contributed by atoms with Crippen LogP contribution in [0.5, 0.6) is 0 Å². The van der Waals surface area contributed by atoms with E-state index in [2.05, 4.69) is 18.8 Å². The molecule has 1 amide bonds. The molecule has 0 aromatic heterocycles. The number of Topliss-reactive ketones (excluding diaryl/α,β-unsaturated/α-hetero) is 1. The van der Waals surface area contributed by atoms with E-state index >= 15 is 0 Å². The predicted molar refractivity (Wildman–Crippen MR) is 79.6 cm³/mol. The smallest absolute Gasteiger partial charge is 0.291 e. The van der Waals surface area contributed by atoms with Crippen molar-refractivity contribution >= 4 is 17.4 Å². The molecule has 1 aliphatic rings. The van der Waals surface area contributed by atoms with Crippen molar-refractivity contribution < 1.29 is 9.59 Å². The first kappa shape index (κ1) is 14.3. The fourth-order valence-electron chi connectivity index (χ4n) is 2.34. The van der Waals surface area contributed by atoms with Crippen LogP contribution in [0.3, 0.4) is 0 Å². The van der Waals surface area contributed by atoms with Crippen LogP contribution in [0.4, 0.5) is 5.69 Å². The highest BCUT2D eigenvalue weighted by Crippen LogP contribution is 2.29. The van der Waals surface area contributed by atoms with E-state index in [1.54, 1.807) is 18.2 Å². The number of nitrogens with zero attached hydrogens (tertiary/aromatic N) is 1. The van der Waals surface area contributed by atoms with Gasteiger partial charge in [-0.3, -0.25) is 14.5 Å². The summed E-state index contributed by atoms with van der Waals surface area (Å²) in [5.41, 5.74) is 1.16. The molecule has 0 fully saturated rings. The van der Waals surface area contributed by atoms with Gasteiger partial charge in [-0.15, -0.1) is 5.92 Å². The first-order valence-corrected chi connectivity index (χ1v) is 7.12. The number of benzene rings is 1. The first-order chi connectivity index (χ1) is 9.66. The van der Waals surface area contributed by atoms with Crippen molar-refractivity contribution in [2.24, 2.45) is 0 Å². The van der Waals surface area contributed by atoms with Gasteiger partial charge in [-0.05, 0) is 25.5 Å². The number of amides is 1. The second-order valence-corrected chi connectivity index (χ2v) is 4.98. The Balaban J connectivity index is 2.12. The van der Waals surface area contributed by atoms with Crippen molar-refractivity contribution in [3.05, 3.63) is 29.8 Å². The largest absolute Gasteiger partial charge is 0.300 e. The van der Waals surface area contributed by atoms with Gasteiger partial charge in [0.15, 0.2) is 0 Å². The van der Waals surface area contributed by atoms with E-state index in [1.165, 1.54) is 17.7 Å². The molecule has 0 radical (unpaired) electrons. The summed E-state index contributed by atoms with van der Waals surface area (Å²) in [6.07, 6.45) is 4.27. The molecule has 0 saturated carbocycles. The minimum atomic E-state index is -0.471. The summed E-state index contributed by atoms with van der Waals surface area (Å²) in [6.45, 7) is 4.02. The Kier molecular flexibility index (Phi) is 4.57. The molecular formula is C17H19NO2. The molecule has 0 aliphatic carbocycles. The monoisotopic (exact) mass is 269 g/mol. The summed E-state index contributed by atoms with van der Waals surface area (Å²) in [6, 6.07) is 6.83. The number of anilines is 1. The minimum Gasteiger partial charge on any atom is -0.291 e. The van der Waals surface area contributed by atoms with E-state index in [4.69, 9.17) is 0 Å². The van der Waals surface area contributed by atoms with Crippen LogP contribution >= 0.6 is 0 Å². The number of fused-ring (bicyclic) bond motifs is 1. The first-order valence-electron chi connectivity index (χ1n) is 7.12. The molecule has 0 saturated heterocycles. The molecule has 1 aromatic rings. The van der Waals surface area contributed by atoms with Crippen LogP contribution in [-0.2, 0) is 4.79 Å². The van der Waals surface area contributed by atoms with Gasteiger partial charge in [0.2, 0.25) is 0 Å². The molecule has 0 spiro atoms. The minimum absolute atomic E-state index is 0.267. The fourth-order valence-corrected chi connectivity index (χ4v) is 2.34. The summed E-state index contributed by atoms with van der Waals surface area (Å²) in [7, 11) is 0. The highest BCUT2D eigenvalue weighted by atomic mass is 16.2. The maximum Gasteiger partial charge on any atom is 0.300 e.